The van der Waals surface area contributed by atoms with Crippen LogP contribution in [0.2, 0.25) is 5.02 Å². The molecule has 20 heavy (non-hydrogen) atoms. The van der Waals surface area contributed by atoms with E-state index in [9.17, 15) is 0 Å². The summed E-state index contributed by atoms with van der Waals surface area (Å²) in [5.41, 5.74) is 2.81. The fourth-order valence-corrected chi connectivity index (χ4v) is 4.33. The molecule has 0 aliphatic carbocycles. The van der Waals surface area contributed by atoms with Gasteiger partial charge in [-0.1, -0.05) is 85.9 Å². The van der Waals surface area contributed by atoms with Gasteiger partial charge >= 0.3 is 0 Å². The van der Waals surface area contributed by atoms with Gasteiger partial charge in [-0.05, 0) is 41.5 Å². The van der Waals surface area contributed by atoms with Crippen LogP contribution in [0.3, 0.4) is 0 Å². The zero-order valence-corrected chi connectivity index (χ0v) is 15.1. The third-order valence-corrected chi connectivity index (χ3v) is 6.07. The first-order valence-electron chi connectivity index (χ1n) is 6.58. The molecule has 0 aliphatic rings. The van der Waals surface area contributed by atoms with Crippen molar-refractivity contribution in [2.45, 2.75) is 12.8 Å². The second kappa shape index (κ2) is 7.63. The van der Waals surface area contributed by atoms with Gasteiger partial charge in [0.05, 0.1) is 0 Å². The average molecular weight is 417 g/mol. The molecule has 2 aromatic rings. The Labute approximate surface area is 142 Å². The summed E-state index contributed by atoms with van der Waals surface area (Å²) in [6.45, 7) is 0. The summed E-state index contributed by atoms with van der Waals surface area (Å²) in [7, 11) is 0. The predicted octanol–water partition coefficient (Wildman–Crippen LogP) is 5.90. The highest BCUT2D eigenvalue weighted by Crippen LogP contribution is 2.33. The Balaban J connectivity index is 2.21. The van der Waals surface area contributed by atoms with E-state index in [0.717, 1.165) is 28.5 Å². The number of hydrogen-bond acceptors (Lipinski definition) is 0. The number of benzene rings is 2. The van der Waals surface area contributed by atoms with Crippen LogP contribution < -0.4 is 0 Å². The lowest BCUT2D eigenvalue weighted by molar-refractivity contribution is 0.386. The molecule has 2 rings (SSSR count). The molecule has 0 heterocycles. The van der Waals surface area contributed by atoms with Gasteiger partial charge in [-0.3, -0.25) is 0 Å². The van der Waals surface area contributed by atoms with Gasteiger partial charge in [0.1, 0.15) is 0 Å². The summed E-state index contributed by atoms with van der Waals surface area (Å²) in [5, 5.41) is 2.71. The zero-order valence-electron chi connectivity index (χ0n) is 11.2. The zero-order chi connectivity index (χ0) is 14.4. The number of alkyl halides is 2. The highest BCUT2D eigenvalue weighted by Gasteiger charge is 2.28. The summed E-state index contributed by atoms with van der Waals surface area (Å²) in [6.07, 6.45) is 2.04. The molecule has 0 bridgehead atoms. The molecule has 0 amide bonds. The highest BCUT2D eigenvalue weighted by atomic mass is 79.9. The van der Waals surface area contributed by atoms with Crippen molar-refractivity contribution < 1.29 is 0 Å². The summed E-state index contributed by atoms with van der Waals surface area (Å²) in [4.78, 5) is 0. The molecule has 106 valence electrons. The summed E-state index contributed by atoms with van der Waals surface area (Å²) < 4.78 is 0. The largest absolute Gasteiger partial charge is 0.0921 e. The second-order valence-corrected chi connectivity index (χ2v) is 6.79. The maximum atomic E-state index is 6.10. The van der Waals surface area contributed by atoms with Gasteiger partial charge in [-0.15, -0.1) is 0 Å². The number of rotatable bonds is 6. The van der Waals surface area contributed by atoms with Crippen LogP contribution in [0, 0.1) is 5.41 Å². The standard InChI is InChI=1S/C17H17Br2Cl/c18-12-17(13-19,10-14-5-2-1-3-6-14)11-15-7-4-8-16(20)9-15/h1-9H,10-13H2. The van der Waals surface area contributed by atoms with Crippen LogP contribution in [-0.2, 0) is 12.8 Å². The molecule has 0 saturated carbocycles. The highest BCUT2D eigenvalue weighted by molar-refractivity contribution is 9.09. The Morgan fingerprint density at radius 1 is 0.800 bits per heavy atom. The Morgan fingerprint density at radius 2 is 1.40 bits per heavy atom. The van der Waals surface area contributed by atoms with Gasteiger partial charge in [-0.25, -0.2) is 0 Å². The van der Waals surface area contributed by atoms with Crippen molar-refractivity contribution in [3.63, 3.8) is 0 Å². The normalized spacial score (nSPS) is 11.6. The van der Waals surface area contributed by atoms with Crippen molar-refractivity contribution in [3.05, 3.63) is 70.7 Å². The second-order valence-electron chi connectivity index (χ2n) is 5.24. The van der Waals surface area contributed by atoms with Crippen LogP contribution in [0.25, 0.3) is 0 Å². The minimum Gasteiger partial charge on any atom is -0.0921 e. The summed E-state index contributed by atoms with van der Waals surface area (Å²) in [5.74, 6) is 0. The van der Waals surface area contributed by atoms with E-state index < -0.39 is 0 Å². The van der Waals surface area contributed by atoms with Gasteiger partial charge in [0.15, 0.2) is 0 Å². The number of hydrogen-bond donors (Lipinski definition) is 0. The SMILES string of the molecule is Clc1cccc(CC(CBr)(CBr)Cc2ccccc2)c1. The lowest BCUT2D eigenvalue weighted by atomic mass is 9.80. The number of halogens is 3. The van der Waals surface area contributed by atoms with E-state index in [-0.39, 0.29) is 5.41 Å². The lowest BCUT2D eigenvalue weighted by Gasteiger charge is -2.30. The maximum absolute atomic E-state index is 6.10. The van der Waals surface area contributed by atoms with Crippen molar-refractivity contribution in [2.75, 3.05) is 10.7 Å². The molecular formula is C17H17Br2Cl. The Morgan fingerprint density at radius 3 is 2.00 bits per heavy atom. The minimum absolute atomic E-state index is 0.159. The topological polar surface area (TPSA) is 0 Å². The fraction of sp³-hybridized carbons (Fsp3) is 0.294. The summed E-state index contributed by atoms with van der Waals surface area (Å²) in [6, 6.07) is 18.8. The van der Waals surface area contributed by atoms with Crippen molar-refractivity contribution in [1.29, 1.82) is 0 Å². The third-order valence-electron chi connectivity index (χ3n) is 3.46. The van der Waals surface area contributed by atoms with Gasteiger partial charge in [0.25, 0.3) is 0 Å². The molecule has 0 radical (unpaired) electrons. The van der Waals surface area contributed by atoms with E-state index >= 15 is 0 Å². The van der Waals surface area contributed by atoms with E-state index in [1.165, 1.54) is 11.1 Å². The molecule has 0 N–H and O–H groups in total. The Kier molecular flexibility index (Phi) is 6.13. The first-order chi connectivity index (χ1) is 9.67. The fourth-order valence-electron chi connectivity index (χ4n) is 2.40. The Bertz CT molecular complexity index is 536. The third kappa shape index (κ3) is 4.34. The average Bonchev–Trinajstić information content (AvgIpc) is 2.47. The van der Waals surface area contributed by atoms with Crippen molar-refractivity contribution in [3.8, 4) is 0 Å². The molecule has 0 nitrogen and oxygen atoms in total. The van der Waals surface area contributed by atoms with Gasteiger partial charge < -0.3 is 0 Å². The quantitative estimate of drug-likeness (QED) is 0.514. The molecule has 0 spiro atoms. The molecule has 2 aromatic carbocycles. The lowest BCUT2D eigenvalue weighted by Crippen LogP contribution is -2.30. The molecule has 0 atom stereocenters. The van der Waals surface area contributed by atoms with Gasteiger partial charge in [-0.2, -0.15) is 0 Å². The molecule has 3 heteroatoms. The predicted molar refractivity (Wildman–Crippen MR) is 95.3 cm³/mol. The Hall–Kier alpha value is -0.310. The van der Waals surface area contributed by atoms with Crippen LogP contribution in [-0.4, -0.2) is 10.7 Å². The van der Waals surface area contributed by atoms with Crippen molar-refractivity contribution in [2.24, 2.45) is 5.41 Å². The van der Waals surface area contributed by atoms with Crippen LogP contribution in [0.4, 0.5) is 0 Å². The summed E-state index contributed by atoms with van der Waals surface area (Å²) >= 11 is 13.5. The van der Waals surface area contributed by atoms with Crippen LogP contribution >= 0.6 is 43.5 Å². The first kappa shape index (κ1) is 16.1. The van der Waals surface area contributed by atoms with E-state index in [0.29, 0.717) is 0 Å². The van der Waals surface area contributed by atoms with E-state index in [4.69, 9.17) is 11.6 Å². The first-order valence-corrected chi connectivity index (χ1v) is 9.20. The molecule has 0 unspecified atom stereocenters. The molecule has 0 saturated heterocycles. The van der Waals surface area contributed by atoms with E-state index in [1.54, 1.807) is 0 Å². The maximum Gasteiger partial charge on any atom is 0.0408 e. The minimum atomic E-state index is 0.159. The molecular weight excluding hydrogens is 399 g/mol. The van der Waals surface area contributed by atoms with Crippen molar-refractivity contribution >= 4 is 43.5 Å². The smallest absolute Gasteiger partial charge is 0.0408 e. The monoisotopic (exact) mass is 414 g/mol. The molecule has 0 aromatic heterocycles. The van der Waals surface area contributed by atoms with E-state index in [2.05, 4.69) is 74.3 Å². The van der Waals surface area contributed by atoms with Crippen LogP contribution in [0.1, 0.15) is 11.1 Å². The van der Waals surface area contributed by atoms with Crippen molar-refractivity contribution in [1.82, 2.24) is 0 Å². The molecule has 0 aliphatic heterocycles. The van der Waals surface area contributed by atoms with Gasteiger partial charge in [0, 0.05) is 15.7 Å². The van der Waals surface area contributed by atoms with Crippen LogP contribution in [0.5, 0.6) is 0 Å². The van der Waals surface area contributed by atoms with Crippen LogP contribution in [0.15, 0.2) is 54.6 Å². The molecule has 0 fully saturated rings. The van der Waals surface area contributed by atoms with E-state index in [1.807, 2.05) is 12.1 Å². The van der Waals surface area contributed by atoms with Gasteiger partial charge in [0.2, 0.25) is 0 Å².